The molecule has 0 aliphatic heterocycles. The Bertz CT molecular complexity index is 592. The molecule has 2 amide bonds. The molecule has 0 bridgehead atoms. The van der Waals surface area contributed by atoms with Gasteiger partial charge in [-0.15, -0.1) is 0 Å². The number of hydrogen-bond acceptors (Lipinski definition) is 4. The van der Waals surface area contributed by atoms with E-state index >= 15 is 0 Å². The average molecular weight is 288 g/mol. The molecule has 0 radical (unpaired) electrons. The molecule has 0 saturated carbocycles. The lowest BCUT2D eigenvalue weighted by molar-refractivity contribution is 0.208. The van der Waals surface area contributed by atoms with E-state index in [1.165, 1.54) is 5.56 Å². The van der Waals surface area contributed by atoms with Gasteiger partial charge in [0.15, 0.2) is 5.82 Å². The topological polar surface area (TPSA) is 71.3 Å². The second-order valence-electron chi connectivity index (χ2n) is 5.05. The molecule has 0 aliphatic rings. The van der Waals surface area contributed by atoms with Crippen molar-refractivity contribution < 1.29 is 9.32 Å². The highest BCUT2D eigenvalue weighted by atomic mass is 16.5. The van der Waals surface area contributed by atoms with Crippen LogP contribution < -0.4 is 5.32 Å². The zero-order chi connectivity index (χ0) is 15.2. The number of nitrogens with one attached hydrogen (secondary N) is 1. The van der Waals surface area contributed by atoms with E-state index in [0.29, 0.717) is 31.2 Å². The first-order valence-corrected chi connectivity index (χ1v) is 6.88. The zero-order valence-corrected chi connectivity index (χ0v) is 12.6. The summed E-state index contributed by atoms with van der Waals surface area (Å²) in [7, 11) is 1.75. The molecular formula is C15H20N4O2. The van der Waals surface area contributed by atoms with Gasteiger partial charge in [0.2, 0.25) is 5.89 Å². The van der Waals surface area contributed by atoms with Crippen LogP contribution in [0.5, 0.6) is 0 Å². The number of aromatic nitrogens is 2. The lowest BCUT2D eigenvalue weighted by Crippen LogP contribution is -2.38. The van der Waals surface area contributed by atoms with Crippen LogP contribution in [0.2, 0.25) is 0 Å². The van der Waals surface area contributed by atoms with Crippen molar-refractivity contribution in [1.29, 1.82) is 0 Å². The molecule has 1 heterocycles. The van der Waals surface area contributed by atoms with Crippen molar-refractivity contribution in [2.24, 2.45) is 0 Å². The number of likely N-dealkylation sites (N-methyl/N-ethyl adjacent to an activating group) is 1. The van der Waals surface area contributed by atoms with Crippen LogP contribution in [0.3, 0.4) is 0 Å². The SMILES string of the molecule is Cc1ccc(CNC(=O)N(C)CCc2noc(C)n2)cc1. The molecular weight excluding hydrogens is 268 g/mol. The van der Waals surface area contributed by atoms with Crippen LogP contribution in [0.4, 0.5) is 4.79 Å². The maximum absolute atomic E-state index is 12.0. The Labute approximate surface area is 124 Å². The van der Waals surface area contributed by atoms with Gasteiger partial charge in [-0.05, 0) is 12.5 Å². The van der Waals surface area contributed by atoms with Crippen LogP contribution in [0.1, 0.15) is 22.8 Å². The van der Waals surface area contributed by atoms with E-state index in [1.54, 1.807) is 18.9 Å². The number of carbonyl (C=O) groups is 1. The summed E-state index contributed by atoms with van der Waals surface area (Å²) in [5, 5.41) is 6.69. The molecule has 0 atom stereocenters. The molecule has 0 aliphatic carbocycles. The lowest BCUT2D eigenvalue weighted by atomic mass is 10.1. The third-order valence-corrected chi connectivity index (χ3v) is 3.15. The van der Waals surface area contributed by atoms with Crippen molar-refractivity contribution in [3.05, 3.63) is 47.1 Å². The smallest absolute Gasteiger partial charge is 0.317 e. The number of aryl methyl sites for hydroxylation is 2. The summed E-state index contributed by atoms with van der Waals surface area (Å²) in [6.45, 7) is 4.84. The Morgan fingerprint density at radius 1 is 1.29 bits per heavy atom. The highest BCUT2D eigenvalue weighted by Gasteiger charge is 2.10. The maximum Gasteiger partial charge on any atom is 0.317 e. The van der Waals surface area contributed by atoms with Crippen LogP contribution in [0, 0.1) is 13.8 Å². The second kappa shape index (κ2) is 6.88. The second-order valence-corrected chi connectivity index (χ2v) is 5.05. The van der Waals surface area contributed by atoms with Gasteiger partial charge in [-0.1, -0.05) is 35.0 Å². The molecule has 2 rings (SSSR count). The van der Waals surface area contributed by atoms with E-state index in [9.17, 15) is 4.79 Å². The number of amides is 2. The highest BCUT2D eigenvalue weighted by molar-refractivity contribution is 5.73. The van der Waals surface area contributed by atoms with E-state index in [4.69, 9.17) is 4.52 Å². The lowest BCUT2D eigenvalue weighted by Gasteiger charge is -2.17. The molecule has 0 spiro atoms. The summed E-state index contributed by atoms with van der Waals surface area (Å²) in [5.41, 5.74) is 2.29. The Hall–Kier alpha value is -2.37. The highest BCUT2D eigenvalue weighted by Crippen LogP contribution is 2.03. The van der Waals surface area contributed by atoms with Crippen LogP contribution in [0.25, 0.3) is 0 Å². The fraction of sp³-hybridized carbons (Fsp3) is 0.400. The van der Waals surface area contributed by atoms with E-state index < -0.39 is 0 Å². The Morgan fingerprint density at radius 2 is 2.00 bits per heavy atom. The zero-order valence-electron chi connectivity index (χ0n) is 12.6. The number of rotatable bonds is 5. The first-order valence-electron chi connectivity index (χ1n) is 6.88. The summed E-state index contributed by atoms with van der Waals surface area (Å²) in [5.74, 6) is 1.15. The number of carbonyl (C=O) groups excluding carboxylic acids is 1. The molecule has 2 aromatic rings. The summed E-state index contributed by atoms with van der Waals surface area (Å²) in [4.78, 5) is 17.7. The minimum absolute atomic E-state index is 0.115. The first kappa shape index (κ1) is 15.0. The van der Waals surface area contributed by atoms with E-state index in [0.717, 1.165) is 5.56 Å². The predicted octanol–water partition coefficient (Wildman–Crippen LogP) is 2.07. The van der Waals surface area contributed by atoms with Crippen molar-refractivity contribution in [2.75, 3.05) is 13.6 Å². The van der Waals surface area contributed by atoms with Crippen molar-refractivity contribution in [1.82, 2.24) is 20.4 Å². The number of nitrogens with zero attached hydrogens (tertiary/aromatic N) is 3. The third-order valence-electron chi connectivity index (χ3n) is 3.15. The van der Waals surface area contributed by atoms with Gasteiger partial charge in [0.05, 0.1) is 0 Å². The average Bonchev–Trinajstić information content (AvgIpc) is 2.89. The number of hydrogen-bond donors (Lipinski definition) is 1. The Morgan fingerprint density at radius 3 is 2.62 bits per heavy atom. The summed E-state index contributed by atoms with van der Waals surface area (Å²) in [6.07, 6.45) is 0.575. The van der Waals surface area contributed by atoms with Crippen molar-refractivity contribution >= 4 is 6.03 Å². The standard InChI is InChI=1S/C15H20N4O2/c1-11-4-6-13(7-5-11)10-16-15(20)19(3)9-8-14-17-12(2)21-18-14/h4-7H,8-10H2,1-3H3,(H,16,20). The normalized spacial score (nSPS) is 10.4. The maximum atomic E-state index is 12.0. The van der Waals surface area contributed by atoms with E-state index in [-0.39, 0.29) is 6.03 Å². The van der Waals surface area contributed by atoms with Gasteiger partial charge >= 0.3 is 6.03 Å². The van der Waals surface area contributed by atoms with Crippen LogP contribution >= 0.6 is 0 Å². The fourth-order valence-electron chi connectivity index (χ4n) is 1.83. The molecule has 112 valence electrons. The van der Waals surface area contributed by atoms with Crippen molar-refractivity contribution in [2.45, 2.75) is 26.8 Å². The summed E-state index contributed by atoms with van der Waals surface area (Å²) >= 11 is 0. The Kier molecular flexibility index (Phi) is 4.92. The first-order chi connectivity index (χ1) is 10.0. The summed E-state index contributed by atoms with van der Waals surface area (Å²) < 4.78 is 4.89. The molecule has 21 heavy (non-hydrogen) atoms. The molecule has 1 N–H and O–H groups in total. The van der Waals surface area contributed by atoms with Gasteiger partial charge in [-0.3, -0.25) is 0 Å². The van der Waals surface area contributed by atoms with Gasteiger partial charge in [0.25, 0.3) is 0 Å². The minimum Gasteiger partial charge on any atom is -0.340 e. The minimum atomic E-state index is -0.115. The van der Waals surface area contributed by atoms with Crippen LogP contribution in [-0.4, -0.2) is 34.7 Å². The predicted molar refractivity (Wildman–Crippen MR) is 78.8 cm³/mol. The fourth-order valence-corrected chi connectivity index (χ4v) is 1.83. The van der Waals surface area contributed by atoms with Gasteiger partial charge in [-0.2, -0.15) is 4.98 Å². The van der Waals surface area contributed by atoms with Gasteiger partial charge in [-0.25, -0.2) is 4.79 Å². The molecule has 0 unspecified atom stereocenters. The molecule has 0 fully saturated rings. The summed E-state index contributed by atoms with van der Waals surface area (Å²) in [6, 6.07) is 7.97. The molecule has 6 nitrogen and oxygen atoms in total. The van der Waals surface area contributed by atoms with Gasteiger partial charge in [0, 0.05) is 33.5 Å². The van der Waals surface area contributed by atoms with Crippen molar-refractivity contribution in [3.8, 4) is 0 Å². The number of urea groups is 1. The quantitative estimate of drug-likeness (QED) is 0.914. The molecule has 0 saturated heterocycles. The van der Waals surface area contributed by atoms with Crippen LogP contribution in [0.15, 0.2) is 28.8 Å². The molecule has 1 aromatic carbocycles. The van der Waals surface area contributed by atoms with Crippen molar-refractivity contribution in [3.63, 3.8) is 0 Å². The molecule has 6 heteroatoms. The largest absolute Gasteiger partial charge is 0.340 e. The Balaban J connectivity index is 1.75. The molecule has 1 aromatic heterocycles. The number of benzene rings is 1. The van der Waals surface area contributed by atoms with Crippen LogP contribution in [-0.2, 0) is 13.0 Å². The van der Waals surface area contributed by atoms with Gasteiger partial charge < -0.3 is 14.7 Å². The third kappa shape index (κ3) is 4.59. The van der Waals surface area contributed by atoms with E-state index in [2.05, 4.69) is 15.5 Å². The van der Waals surface area contributed by atoms with E-state index in [1.807, 2.05) is 31.2 Å². The monoisotopic (exact) mass is 288 g/mol. The van der Waals surface area contributed by atoms with Gasteiger partial charge in [0.1, 0.15) is 0 Å².